The highest BCUT2D eigenvalue weighted by Gasteiger charge is 2.27. The number of ether oxygens (including phenoxy) is 3. The highest BCUT2D eigenvalue weighted by molar-refractivity contribution is 6.09. The average Bonchev–Trinajstić information content (AvgIpc) is 3.65. The molecular weight excluding hydrogens is 540 g/mol. The van der Waals surface area contributed by atoms with Crippen LogP contribution in [-0.2, 0) is 29.2 Å². The van der Waals surface area contributed by atoms with E-state index < -0.39 is 5.78 Å². The van der Waals surface area contributed by atoms with Crippen molar-refractivity contribution in [3.63, 3.8) is 0 Å². The van der Waals surface area contributed by atoms with Crippen molar-refractivity contribution in [3.05, 3.63) is 100 Å². The lowest BCUT2D eigenvalue weighted by atomic mass is 9.93. The van der Waals surface area contributed by atoms with Gasteiger partial charge in [-0.3, -0.25) is 9.69 Å². The fourth-order valence-corrected chi connectivity index (χ4v) is 5.92. The van der Waals surface area contributed by atoms with E-state index in [4.69, 9.17) is 19.5 Å². The third-order valence-electron chi connectivity index (χ3n) is 8.28. The Kier molecular flexibility index (Phi) is 9.75. The zero-order chi connectivity index (χ0) is 30.3. The number of fused-ring (bicyclic) bond motifs is 1. The second kappa shape index (κ2) is 13.9. The van der Waals surface area contributed by atoms with Crippen LogP contribution in [0.25, 0.3) is 5.70 Å². The van der Waals surface area contributed by atoms with Crippen molar-refractivity contribution in [2.75, 3.05) is 19.8 Å². The van der Waals surface area contributed by atoms with Crippen LogP contribution in [0, 0.1) is 11.3 Å². The number of aromatic nitrogens is 2. The van der Waals surface area contributed by atoms with Gasteiger partial charge in [-0.05, 0) is 80.4 Å². The predicted molar refractivity (Wildman–Crippen MR) is 166 cm³/mol. The van der Waals surface area contributed by atoms with Gasteiger partial charge < -0.3 is 14.2 Å². The molecule has 0 radical (unpaired) electrons. The molecule has 0 bridgehead atoms. The molecule has 1 saturated heterocycles. The molecule has 0 spiro atoms. The van der Waals surface area contributed by atoms with Gasteiger partial charge in [0.05, 0.1) is 12.8 Å². The maximum absolute atomic E-state index is 12.0. The van der Waals surface area contributed by atoms with Crippen LogP contribution in [0.15, 0.2) is 77.8 Å². The number of carbonyl (C=O) groups excluding carboxylic acids is 1. The summed E-state index contributed by atoms with van der Waals surface area (Å²) in [4.78, 5) is 14.6. The minimum absolute atomic E-state index is 0.153. The molecule has 1 aromatic heterocycles. The van der Waals surface area contributed by atoms with Crippen molar-refractivity contribution in [1.82, 2.24) is 14.7 Å². The first-order chi connectivity index (χ1) is 20.9. The molecule has 0 amide bonds. The fourth-order valence-electron chi connectivity index (χ4n) is 5.92. The Bertz CT molecular complexity index is 1550. The van der Waals surface area contributed by atoms with E-state index in [0.717, 1.165) is 74.6 Å². The number of benzene rings is 1. The van der Waals surface area contributed by atoms with Crippen molar-refractivity contribution < 1.29 is 19.0 Å². The number of ketones is 1. The molecule has 1 aromatic carbocycles. The molecule has 2 aromatic rings. The quantitative estimate of drug-likeness (QED) is 0.167. The minimum atomic E-state index is -0.679. The molecule has 0 saturated carbocycles. The van der Waals surface area contributed by atoms with Crippen LogP contribution in [0.2, 0.25) is 0 Å². The third kappa shape index (κ3) is 6.90. The Morgan fingerprint density at radius 1 is 1.23 bits per heavy atom. The van der Waals surface area contributed by atoms with E-state index in [0.29, 0.717) is 19.3 Å². The molecule has 43 heavy (non-hydrogen) atoms. The SMILES string of the molecule is C=C(/C=C\C=C(/C)n1ncc(C(=O)C#N)c1OCC)C1=CCCC(C)=C1OCc1ccc2c(c1)CN(C1CCOCC1)C2. The van der Waals surface area contributed by atoms with Gasteiger partial charge in [0.1, 0.15) is 24.0 Å². The number of hydrogen-bond acceptors (Lipinski definition) is 7. The summed E-state index contributed by atoms with van der Waals surface area (Å²) in [5, 5.41) is 13.3. The lowest BCUT2D eigenvalue weighted by Crippen LogP contribution is -2.35. The zero-order valence-electron chi connectivity index (χ0n) is 25.4. The molecule has 224 valence electrons. The number of allylic oxidation sites excluding steroid dienone is 7. The molecule has 1 aliphatic carbocycles. The largest absolute Gasteiger partial charge is 0.488 e. The topological polar surface area (TPSA) is 89.6 Å². The maximum atomic E-state index is 12.0. The molecule has 8 nitrogen and oxygen atoms in total. The average molecular weight is 581 g/mol. The van der Waals surface area contributed by atoms with Crippen LogP contribution in [0.5, 0.6) is 5.88 Å². The Morgan fingerprint density at radius 2 is 2.02 bits per heavy atom. The Morgan fingerprint density at radius 3 is 2.79 bits per heavy atom. The molecule has 0 N–H and O–H groups in total. The van der Waals surface area contributed by atoms with E-state index in [9.17, 15) is 4.79 Å². The standard InChI is InChI=1S/C35H40N4O4/c1-5-42-35-32(33(40)19-36)20-37-39(35)26(4)10-6-8-24(2)31-11-7-9-25(3)34(31)43-23-27-12-13-28-21-38(22-29(28)18-27)30-14-16-41-17-15-30/h6,8,10-13,18,20,30H,2,5,7,9,14-17,21-23H2,1,3-4H3/b8-6-,26-10+. The predicted octanol–water partition coefficient (Wildman–Crippen LogP) is 6.67. The van der Waals surface area contributed by atoms with Gasteiger partial charge in [0.15, 0.2) is 0 Å². The molecule has 0 unspecified atom stereocenters. The van der Waals surface area contributed by atoms with Gasteiger partial charge in [0, 0.05) is 43.6 Å². The second-order valence-electron chi connectivity index (χ2n) is 11.2. The van der Waals surface area contributed by atoms with Crippen LogP contribution < -0.4 is 4.74 Å². The van der Waals surface area contributed by atoms with Gasteiger partial charge >= 0.3 is 0 Å². The van der Waals surface area contributed by atoms with Crippen LogP contribution >= 0.6 is 0 Å². The molecule has 0 atom stereocenters. The van der Waals surface area contributed by atoms with E-state index in [1.165, 1.54) is 33.1 Å². The van der Waals surface area contributed by atoms with Crippen molar-refractivity contribution in [2.45, 2.75) is 72.2 Å². The van der Waals surface area contributed by atoms with Gasteiger partial charge in [0.25, 0.3) is 5.78 Å². The van der Waals surface area contributed by atoms with Crippen LogP contribution in [0.1, 0.15) is 73.5 Å². The van der Waals surface area contributed by atoms with Gasteiger partial charge in [0.2, 0.25) is 5.88 Å². The van der Waals surface area contributed by atoms with Crippen LogP contribution in [0.3, 0.4) is 0 Å². The van der Waals surface area contributed by atoms with Crippen molar-refractivity contribution in [1.29, 1.82) is 5.26 Å². The Labute approximate surface area is 254 Å². The van der Waals surface area contributed by atoms with Crippen LogP contribution in [-0.4, -0.2) is 46.3 Å². The van der Waals surface area contributed by atoms with E-state index in [2.05, 4.69) is 47.8 Å². The highest BCUT2D eigenvalue weighted by atomic mass is 16.5. The number of nitrogens with zero attached hydrogens (tertiary/aromatic N) is 4. The molecule has 3 aliphatic rings. The number of nitriles is 1. The maximum Gasteiger partial charge on any atom is 0.269 e. The summed E-state index contributed by atoms with van der Waals surface area (Å²) in [5.74, 6) is 0.487. The Balaban J connectivity index is 1.23. The highest BCUT2D eigenvalue weighted by Crippen LogP contribution is 2.33. The van der Waals surface area contributed by atoms with Gasteiger partial charge in [-0.15, -0.1) is 0 Å². The number of hydrogen-bond donors (Lipinski definition) is 0. The summed E-state index contributed by atoms with van der Waals surface area (Å²) in [6, 6.07) is 9.00. The summed E-state index contributed by atoms with van der Waals surface area (Å²) in [6.07, 6.45) is 13.4. The normalized spacial score (nSPS) is 18.0. The minimum Gasteiger partial charge on any atom is -0.488 e. The summed E-state index contributed by atoms with van der Waals surface area (Å²) in [7, 11) is 0. The van der Waals surface area contributed by atoms with E-state index >= 15 is 0 Å². The number of Topliss-reactive ketones (excluding diaryl/α,β-unsaturated/α-hetero) is 1. The first kappa shape index (κ1) is 30.3. The molecular formula is C35H40N4O4. The lowest BCUT2D eigenvalue weighted by molar-refractivity contribution is 0.0326. The number of rotatable bonds is 11. The third-order valence-corrected chi connectivity index (χ3v) is 8.28. The molecule has 8 heteroatoms. The zero-order valence-corrected chi connectivity index (χ0v) is 25.4. The summed E-state index contributed by atoms with van der Waals surface area (Å²) < 4.78 is 19.2. The van der Waals surface area contributed by atoms with E-state index in [1.54, 1.807) is 6.07 Å². The summed E-state index contributed by atoms with van der Waals surface area (Å²) >= 11 is 0. The Hall–Kier alpha value is -4.19. The summed E-state index contributed by atoms with van der Waals surface area (Å²) in [5.41, 5.74) is 7.97. The van der Waals surface area contributed by atoms with Gasteiger partial charge in [-0.25, -0.2) is 4.68 Å². The summed E-state index contributed by atoms with van der Waals surface area (Å²) in [6.45, 7) is 14.7. The van der Waals surface area contributed by atoms with Crippen molar-refractivity contribution in [2.24, 2.45) is 0 Å². The van der Waals surface area contributed by atoms with Gasteiger partial charge in [-0.1, -0.05) is 43.0 Å². The van der Waals surface area contributed by atoms with Gasteiger partial charge in [-0.2, -0.15) is 10.4 Å². The van der Waals surface area contributed by atoms with E-state index in [1.807, 2.05) is 32.1 Å². The fraction of sp³-hybridized carbons (Fsp3) is 0.400. The smallest absolute Gasteiger partial charge is 0.269 e. The van der Waals surface area contributed by atoms with Crippen molar-refractivity contribution in [3.8, 4) is 11.9 Å². The first-order valence-electron chi connectivity index (χ1n) is 15.0. The molecule has 1 fully saturated rings. The lowest BCUT2D eigenvalue weighted by Gasteiger charge is -2.30. The number of carbonyl (C=O) groups is 1. The second-order valence-corrected chi connectivity index (χ2v) is 11.2. The monoisotopic (exact) mass is 580 g/mol. The molecule has 2 aliphatic heterocycles. The van der Waals surface area contributed by atoms with Crippen molar-refractivity contribution >= 4 is 11.5 Å². The first-order valence-corrected chi connectivity index (χ1v) is 15.0. The molecule has 5 rings (SSSR count). The van der Waals surface area contributed by atoms with E-state index in [-0.39, 0.29) is 11.4 Å². The van der Waals surface area contributed by atoms with Crippen LogP contribution in [0.4, 0.5) is 0 Å². The molecule has 3 heterocycles.